The third kappa shape index (κ3) is 4.97. The van der Waals surface area contributed by atoms with Gasteiger partial charge in [0.15, 0.2) is 0 Å². The highest BCUT2D eigenvalue weighted by Gasteiger charge is 2.30. The van der Waals surface area contributed by atoms with Crippen molar-refractivity contribution < 1.29 is 14.6 Å². The van der Waals surface area contributed by atoms with Crippen LogP contribution in [0.25, 0.3) is 0 Å². The van der Waals surface area contributed by atoms with Crippen LogP contribution in [0.1, 0.15) is 46.5 Å². The first-order valence-corrected chi connectivity index (χ1v) is 7.52. The predicted octanol–water partition coefficient (Wildman–Crippen LogP) is 4.02. The molecule has 1 atom stereocenters. The molecule has 0 aromatic heterocycles. The standard InChI is InChI=1S/C10H20.C4H2Cl2O3/c1-8(2)10-6-4-9(3)5-7-10;5-1-2(6)4(8)9-3(1)7/h8-10H,4-7H2,1-3H3;3,7H. The number of carbonyl (C=O) groups excluding carboxylic acids is 1. The summed E-state index contributed by atoms with van der Waals surface area (Å²) in [6.07, 6.45) is 4.55. The molecule has 1 heterocycles. The van der Waals surface area contributed by atoms with Gasteiger partial charge in [-0.1, -0.05) is 56.8 Å². The molecule has 0 spiro atoms. The number of halogens is 2. The zero-order valence-electron chi connectivity index (χ0n) is 11.7. The Morgan fingerprint density at radius 2 is 1.74 bits per heavy atom. The van der Waals surface area contributed by atoms with Gasteiger partial charge in [-0.2, -0.15) is 0 Å². The zero-order chi connectivity index (χ0) is 14.6. The SMILES string of the molecule is CC1CCC(C(C)C)CC1.O=C1OC(O)C(Cl)=C1Cl. The maximum Gasteiger partial charge on any atom is 0.353 e. The molecule has 0 aromatic rings. The fourth-order valence-corrected chi connectivity index (χ4v) is 2.62. The number of esters is 1. The highest BCUT2D eigenvalue weighted by atomic mass is 35.5. The van der Waals surface area contributed by atoms with Crippen LogP contribution in [0.4, 0.5) is 0 Å². The number of carbonyl (C=O) groups is 1. The Morgan fingerprint density at radius 1 is 1.21 bits per heavy atom. The number of rotatable bonds is 1. The molecule has 0 radical (unpaired) electrons. The van der Waals surface area contributed by atoms with E-state index in [9.17, 15) is 4.79 Å². The van der Waals surface area contributed by atoms with Gasteiger partial charge in [-0.3, -0.25) is 0 Å². The van der Waals surface area contributed by atoms with Gasteiger partial charge in [-0.25, -0.2) is 4.79 Å². The smallest absolute Gasteiger partial charge is 0.353 e. The second kappa shape index (κ2) is 7.51. The Hall–Kier alpha value is -0.250. The quantitative estimate of drug-likeness (QED) is 0.744. The van der Waals surface area contributed by atoms with Crippen molar-refractivity contribution in [3.8, 4) is 0 Å². The second-order valence-corrected chi connectivity index (χ2v) is 6.47. The molecule has 3 nitrogen and oxygen atoms in total. The van der Waals surface area contributed by atoms with E-state index in [1.807, 2.05) is 0 Å². The molecule has 1 N–H and O–H groups in total. The summed E-state index contributed by atoms with van der Waals surface area (Å²) in [6, 6.07) is 0. The van der Waals surface area contributed by atoms with E-state index in [-0.39, 0.29) is 10.1 Å². The van der Waals surface area contributed by atoms with E-state index in [0.717, 1.165) is 17.8 Å². The van der Waals surface area contributed by atoms with Crippen LogP contribution >= 0.6 is 23.2 Å². The summed E-state index contributed by atoms with van der Waals surface area (Å²) in [5.41, 5.74) is 0. The molecule has 0 amide bonds. The Morgan fingerprint density at radius 3 is 2.00 bits per heavy atom. The average molecular weight is 309 g/mol. The van der Waals surface area contributed by atoms with Crippen molar-refractivity contribution in [3.63, 3.8) is 0 Å². The van der Waals surface area contributed by atoms with Crippen molar-refractivity contribution >= 4 is 29.2 Å². The van der Waals surface area contributed by atoms with Gasteiger partial charge in [0, 0.05) is 0 Å². The lowest BCUT2D eigenvalue weighted by Crippen LogP contribution is -2.16. The molecule has 1 aliphatic heterocycles. The minimum atomic E-state index is -1.37. The van der Waals surface area contributed by atoms with Crippen LogP contribution in [0, 0.1) is 17.8 Å². The van der Waals surface area contributed by atoms with E-state index in [4.69, 9.17) is 28.3 Å². The summed E-state index contributed by atoms with van der Waals surface area (Å²) in [4.78, 5) is 10.3. The van der Waals surface area contributed by atoms with Crippen molar-refractivity contribution in [2.24, 2.45) is 17.8 Å². The molecule has 5 heteroatoms. The second-order valence-electron chi connectivity index (χ2n) is 5.68. The molecule has 110 valence electrons. The Bertz CT molecular complexity index is 345. The van der Waals surface area contributed by atoms with Crippen molar-refractivity contribution in [3.05, 3.63) is 10.1 Å². The van der Waals surface area contributed by atoms with Gasteiger partial charge in [-0.15, -0.1) is 0 Å². The first-order valence-electron chi connectivity index (χ1n) is 6.77. The van der Waals surface area contributed by atoms with Crippen LogP contribution in [0.3, 0.4) is 0 Å². The Balaban J connectivity index is 0.000000191. The number of cyclic esters (lactones) is 1. The van der Waals surface area contributed by atoms with Gasteiger partial charge in [0.1, 0.15) is 10.1 Å². The minimum Gasteiger partial charge on any atom is -0.426 e. The molecule has 1 unspecified atom stereocenters. The van der Waals surface area contributed by atoms with Crippen molar-refractivity contribution in [2.45, 2.75) is 52.7 Å². The van der Waals surface area contributed by atoms with Gasteiger partial charge < -0.3 is 9.84 Å². The fraction of sp³-hybridized carbons (Fsp3) is 0.786. The summed E-state index contributed by atoms with van der Waals surface area (Å²) >= 11 is 10.5. The molecule has 19 heavy (non-hydrogen) atoms. The normalized spacial score (nSPS) is 31.1. The van der Waals surface area contributed by atoms with Gasteiger partial charge in [0.25, 0.3) is 0 Å². The molecule has 0 saturated heterocycles. The maximum atomic E-state index is 10.3. The lowest BCUT2D eigenvalue weighted by molar-refractivity contribution is -0.150. The van der Waals surface area contributed by atoms with Gasteiger partial charge in [-0.05, 0) is 30.6 Å². The highest BCUT2D eigenvalue weighted by molar-refractivity contribution is 6.48. The lowest BCUT2D eigenvalue weighted by Gasteiger charge is -2.28. The first-order chi connectivity index (χ1) is 8.82. The summed E-state index contributed by atoms with van der Waals surface area (Å²) in [5.74, 6) is 2.19. The predicted molar refractivity (Wildman–Crippen MR) is 76.8 cm³/mol. The molecule has 2 rings (SSSR count). The fourth-order valence-electron chi connectivity index (χ4n) is 2.36. The van der Waals surface area contributed by atoms with Crippen molar-refractivity contribution in [1.82, 2.24) is 0 Å². The van der Waals surface area contributed by atoms with Gasteiger partial charge in [0.2, 0.25) is 6.29 Å². The van der Waals surface area contributed by atoms with Crippen molar-refractivity contribution in [2.75, 3.05) is 0 Å². The molecule has 2 aliphatic rings. The van der Waals surface area contributed by atoms with Gasteiger partial charge >= 0.3 is 5.97 Å². The Kier molecular flexibility index (Phi) is 6.64. The van der Waals surface area contributed by atoms with E-state index in [1.54, 1.807) is 0 Å². The van der Waals surface area contributed by atoms with Gasteiger partial charge in [0.05, 0.1) is 0 Å². The van der Waals surface area contributed by atoms with Crippen molar-refractivity contribution in [1.29, 1.82) is 0 Å². The van der Waals surface area contributed by atoms with E-state index in [0.29, 0.717) is 0 Å². The van der Waals surface area contributed by atoms with E-state index < -0.39 is 12.3 Å². The summed E-state index contributed by atoms with van der Waals surface area (Å²) in [7, 11) is 0. The molecule has 1 saturated carbocycles. The highest BCUT2D eigenvalue weighted by Crippen LogP contribution is 2.32. The van der Waals surface area contributed by atoms with Crippen LogP contribution in [0.5, 0.6) is 0 Å². The summed E-state index contributed by atoms with van der Waals surface area (Å²) in [6.45, 7) is 7.11. The zero-order valence-corrected chi connectivity index (χ0v) is 13.2. The third-order valence-electron chi connectivity index (χ3n) is 3.83. The number of hydrogen-bond donors (Lipinski definition) is 1. The molecular weight excluding hydrogens is 287 g/mol. The van der Waals surface area contributed by atoms with Crippen LogP contribution in [0.2, 0.25) is 0 Å². The molecule has 0 aromatic carbocycles. The summed E-state index contributed by atoms with van der Waals surface area (Å²) < 4.78 is 4.16. The van der Waals surface area contributed by atoms with Crippen LogP contribution in [-0.2, 0) is 9.53 Å². The monoisotopic (exact) mass is 308 g/mol. The Labute approximate surface area is 124 Å². The average Bonchev–Trinajstić information content (AvgIpc) is 2.58. The molecule has 0 bridgehead atoms. The topological polar surface area (TPSA) is 46.5 Å². The number of hydrogen-bond acceptors (Lipinski definition) is 3. The maximum absolute atomic E-state index is 10.3. The number of aliphatic hydroxyl groups excluding tert-OH is 1. The van der Waals surface area contributed by atoms with E-state index >= 15 is 0 Å². The molecule has 1 aliphatic carbocycles. The lowest BCUT2D eigenvalue weighted by atomic mass is 9.78. The van der Waals surface area contributed by atoms with E-state index in [2.05, 4.69) is 25.5 Å². The number of ether oxygens (including phenoxy) is 1. The number of aliphatic hydroxyl groups is 1. The van der Waals surface area contributed by atoms with Crippen LogP contribution in [-0.4, -0.2) is 17.4 Å². The molecular formula is C14H22Cl2O3. The van der Waals surface area contributed by atoms with E-state index in [1.165, 1.54) is 25.7 Å². The summed E-state index contributed by atoms with van der Waals surface area (Å²) in [5, 5.41) is 8.22. The molecule has 1 fully saturated rings. The largest absolute Gasteiger partial charge is 0.426 e. The third-order valence-corrected chi connectivity index (χ3v) is 4.66. The first kappa shape index (κ1) is 16.8. The van der Waals surface area contributed by atoms with Crippen LogP contribution < -0.4 is 0 Å². The minimum absolute atomic E-state index is 0.151. The van der Waals surface area contributed by atoms with Crippen LogP contribution in [0.15, 0.2) is 10.1 Å².